The molecule has 1 N–H and O–H groups in total. The number of para-hydroxylation sites is 1. The van der Waals surface area contributed by atoms with Gasteiger partial charge in [-0.3, -0.25) is 4.72 Å². The van der Waals surface area contributed by atoms with E-state index >= 15 is 0 Å². The van der Waals surface area contributed by atoms with Gasteiger partial charge in [-0.2, -0.15) is 0 Å². The van der Waals surface area contributed by atoms with E-state index < -0.39 is 10.0 Å². The van der Waals surface area contributed by atoms with Crippen LogP contribution in [0.25, 0.3) is 0 Å². The molecule has 0 unspecified atom stereocenters. The highest BCUT2D eigenvalue weighted by molar-refractivity contribution is 7.92. The summed E-state index contributed by atoms with van der Waals surface area (Å²) in [5, 5.41) is 0.315. The number of hydrogen-bond donors (Lipinski definition) is 1. The van der Waals surface area contributed by atoms with Crippen LogP contribution in [0.4, 0.5) is 5.69 Å². The number of halogens is 1. The van der Waals surface area contributed by atoms with Crippen LogP contribution in [0.5, 0.6) is 11.5 Å². The maximum absolute atomic E-state index is 12.7. The second-order valence-electron chi connectivity index (χ2n) is 5.95. The number of sulfonamides is 1. The summed E-state index contributed by atoms with van der Waals surface area (Å²) in [6.07, 6.45) is 0. The van der Waals surface area contributed by atoms with Crippen LogP contribution in [0.3, 0.4) is 0 Å². The van der Waals surface area contributed by atoms with Crippen molar-refractivity contribution in [3.8, 4) is 11.5 Å². The third-order valence-electron chi connectivity index (χ3n) is 3.78. The highest BCUT2D eigenvalue weighted by atomic mass is 35.5. The van der Waals surface area contributed by atoms with Gasteiger partial charge in [0.05, 0.1) is 15.6 Å². The minimum absolute atomic E-state index is 0.171. The van der Waals surface area contributed by atoms with Crippen molar-refractivity contribution in [2.75, 3.05) is 4.72 Å². The van der Waals surface area contributed by atoms with E-state index in [1.54, 1.807) is 54.6 Å². The second-order valence-corrected chi connectivity index (χ2v) is 8.04. The zero-order chi connectivity index (χ0) is 18.7. The molecule has 0 aromatic heterocycles. The Morgan fingerprint density at radius 2 is 1.42 bits per heavy atom. The molecular weight excluding hydrogens is 370 g/mol. The lowest BCUT2D eigenvalue weighted by Gasteiger charge is -2.15. The number of rotatable bonds is 5. The van der Waals surface area contributed by atoms with E-state index in [1.807, 2.05) is 26.0 Å². The lowest BCUT2D eigenvalue weighted by atomic mass is 10.2. The smallest absolute Gasteiger partial charge is 0.262 e. The molecule has 3 aromatic carbocycles. The van der Waals surface area contributed by atoms with Crippen LogP contribution >= 0.6 is 11.6 Å². The highest BCUT2D eigenvalue weighted by Gasteiger charge is 2.18. The first-order chi connectivity index (χ1) is 12.3. The minimum Gasteiger partial charge on any atom is -0.454 e. The molecule has 0 aliphatic rings. The van der Waals surface area contributed by atoms with Crippen LogP contribution < -0.4 is 9.46 Å². The van der Waals surface area contributed by atoms with Crippen LogP contribution in [0.15, 0.2) is 71.6 Å². The van der Waals surface area contributed by atoms with Gasteiger partial charge < -0.3 is 4.74 Å². The molecule has 0 bridgehead atoms. The van der Waals surface area contributed by atoms with Crippen molar-refractivity contribution in [1.82, 2.24) is 0 Å². The van der Waals surface area contributed by atoms with Crippen molar-refractivity contribution in [3.05, 3.63) is 82.9 Å². The molecule has 0 aliphatic carbocycles. The average Bonchev–Trinajstić information content (AvgIpc) is 2.60. The number of anilines is 1. The predicted octanol–water partition coefficient (Wildman–Crippen LogP) is 5.55. The van der Waals surface area contributed by atoms with Crippen LogP contribution in [-0.2, 0) is 10.0 Å². The van der Waals surface area contributed by atoms with E-state index in [4.69, 9.17) is 16.3 Å². The SMILES string of the molecule is Cc1ccc(Oc2c(Cl)cccc2NS(=O)(=O)c2ccc(C)cc2)cc1. The van der Waals surface area contributed by atoms with E-state index in [0.717, 1.165) is 11.1 Å². The van der Waals surface area contributed by atoms with E-state index in [1.165, 1.54) is 0 Å². The number of nitrogens with one attached hydrogen (secondary N) is 1. The molecule has 0 atom stereocenters. The number of aryl methyl sites for hydroxylation is 2. The molecule has 0 spiro atoms. The Kier molecular flexibility index (Phi) is 5.20. The molecule has 0 saturated heterocycles. The molecule has 4 nitrogen and oxygen atoms in total. The third-order valence-corrected chi connectivity index (χ3v) is 5.46. The molecule has 0 heterocycles. The van der Waals surface area contributed by atoms with Gasteiger partial charge in [-0.1, -0.05) is 53.1 Å². The fourth-order valence-corrected chi connectivity index (χ4v) is 3.61. The van der Waals surface area contributed by atoms with E-state index in [-0.39, 0.29) is 16.3 Å². The van der Waals surface area contributed by atoms with Gasteiger partial charge in [0.2, 0.25) is 0 Å². The van der Waals surface area contributed by atoms with Crippen molar-refractivity contribution in [1.29, 1.82) is 0 Å². The topological polar surface area (TPSA) is 55.4 Å². The van der Waals surface area contributed by atoms with Gasteiger partial charge in [-0.15, -0.1) is 0 Å². The zero-order valence-electron chi connectivity index (χ0n) is 14.4. The molecule has 134 valence electrons. The summed E-state index contributed by atoms with van der Waals surface area (Å²) in [7, 11) is -3.76. The van der Waals surface area contributed by atoms with Gasteiger partial charge in [0.25, 0.3) is 10.0 Å². The molecule has 3 rings (SSSR count). The van der Waals surface area contributed by atoms with Gasteiger partial charge in [0, 0.05) is 0 Å². The zero-order valence-corrected chi connectivity index (χ0v) is 15.9. The first-order valence-electron chi connectivity index (χ1n) is 7.98. The Labute approximate surface area is 158 Å². The monoisotopic (exact) mass is 387 g/mol. The third kappa shape index (κ3) is 4.18. The van der Waals surface area contributed by atoms with Gasteiger partial charge in [-0.05, 0) is 50.2 Å². The fraction of sp³-hybridized carbons (Fsp3) is 0.100. The summed E-state index contributed by atoms with van der Waals surface area (Å²) in [4.78, 5) is 0.171. The van der Waals surface area contributed by atoms with Crippen molar-refractivity contribution < 1.29 is 13.2 Å². The molecule has 0 radical (unpaired) electrons. The lowest BCUT2D eigenvalue weighted by Crippen LogP contribution is -2.13. The molecule has 0 aliphatic heterocycles. The van der Waals surface area contributed by atoms with Gasteiger partial charge >= 0.3 is 0 Å². The fourth-order valence-electron chi connectivity index (χ4n) is 2.34. The second kappa shape index (κ2) is 7.40. The molecule has 6 heteroatoms. The Bertz CT molecular complexity index is 1010. The van der Waals surface area contributed by atoms with Crippen molar-refractivity contribution in [2.45, 2.75) is 18.7 Å². The predicted molar refractivity (Wildman–Crippen MR) is 105 cm³/mol. The number of benzene rings is 3. The summed E-state index contributed by atoms with van der Waals surface area (Å²) < 4.78 is 33.7. The minimum atomic E-state index is -3.76. The van der Waals surface area contributed by atoms with Crippen LogP contribution in [0.2, 0.25) is 5.02 Å². The van der Waals surface area contributed by atoms with Crippen LogP contribution in [0, 0.1) is 13.8 Å². The summed E-state index contributed by atoms with van der Waals surface area (Å²) in [6.45, 7) is 3.87. The Balaban J connectivity index is 1.94. The Morgan fingerprint density at radius 1 is 0.846 bits per heavy atom. The standard InChI is InChI=1S/C20H18ClNO3S/c1-14-6-10-16(11-7-14)25-20-18(21)4-3-5-19(20)22-26(23,24)17-12-8-15(2)9-13-17/h3-13,22H,1-2H3. The van der Waals surface area contributed by atoms with Gasteiger partial charge in [0.1, 0.15) is 5.75 Å². The molecule has 0 fully saturated rings. The van der Waals surface area contributed by atoms with E-state index in [9.17, 15) is 8.42 Å². The first kappa shape index (κ1) is 18.3. The van der Waals surface area contributed by atoms with Crippen molar-refractivity contribution >= 4 is 27.3 Å². The lowest BCUT2D eigenvalue weighted by molar-refractivity contribution is 0.485. The molecule has 26 heavy (non-hydrogen) atoms. The molecule has 0 saturated carbocycles. The normalized spacial score (nSPS) is 11.2. The maximum Gasteiger partial charge on any atom is 0.262 e. The Morgan fingerprint density at radius 3 is 2.04 bits per heavy atom. The summed E-state index contributed by atoms with van der Waals surface area (Å²) in [5.41, 5.74) is 2.35. The molecule has 3 aromatic rings. The highest BCUT2D eigenvalue weighted by Crippen LogP contribution is 2.37. The maximum atomic E-state index is 12.7. The van der Waals surface area contributed by atoms with Gasteiger partial charge in [0.15, 0.2) is 5.75 Å². The van der Waals surface area contributed by atoms with Crippen LogP contribution in [-0.4, -0.2) is 8.42 Å². The van der Waals surface area contributed by atoms with Gasteiger partial charge in [-0.25, -0.2) is 8.42 Å². The molecular formula is C20H18ClNO3S. The largest absolute Gasteiger partial charge is 0.454 e. The quantitative estimate of drug-likeness (QED) is 0.624. The number of hydrogen-bond acceptors (Lipinski definition) is 3. The van der Waals surface area contributed by atoms with Crippen molar-refractivity contribution in [3.63, 3.8) is 0 Å². The molecule has 0 amide bonds. The average molecular weight is 388 g/mol. The first-order valence-corrected chi connectivity index (χ1v) is 9.84. The van der Waals surface area contributed by atoms with Crippen molar-refractivity contribution in [2.24, 2.45) is 0 Å². The van der Waals surface area contributed by atoms with E-state index in [2.05, 4.69) is 4.72 Å². The van der Waals surface area contributed by atoms with Crippen LogP contribution in [0.1, 0.15) is 11.1 Å². The summed E-state index contributed by atoms with van der Waals surface area (Å²) in [5.74, 6) is 0.827. The van der Waals surface area contributed by atoms with E-state index in [0.29, 0.717) is 10.8 Å². The summed E-state index contributed by atoms with van der Waals surface area (Å²) in [6, 6.07) is 18.9. The number of ether oxygens (including phenoxy) is 1. The Hall–Kier alpha value is -2.50. The summed E-state index contributed by atoms with van der Waals surface area (Å²) >= 11 is 6.25.